The zero-order valence-corrected chi connectivity index (χ0v) is 15.9. The highest BCUT2D eigenvalue weighted by atomic mass is 79.9. The third-order valence-corrected chi connectivity index (χ3v) is 4.24. The van der Waals surface area contributed by atoms with E-state index in [0.717, 1.165) is 15.6 Å². The molecule has 0 unspecified atom stereocenters. The maximum absolute atomic E-state index is 11.9. The van der Waals surface area contributed by atoms with E-state index in [4.69, 9.17) is 11.6 Å². The number of amides is 2. The molecule has 0 spiro atoms. The van der Waals surface area contributed by atoms with Crippen molar-refractivity contribution >= 4 is 51.2 Å². The second-order valence-corrected chi connectivity index (χ2v) is 6.68. The molecule has 0 atom stereocenters. The SMILES string of the molecule is Cc1ccc(NC(=O)CCC(=O)NN=Cc2ccc(Br)cc2)cc1Cl. The standard InChI is InChI=1S/C18H17BrClN3O2/c1-12-2-7-15(10-16(12)20)22-17(24)8-9-18(25)23-21-11-13-3-5-14(19)6-4-13/h2-7,10-11H,8-9H2,1H3,(H,22,24)(H,23,25). The molecule has 2 aromatic rings. The van der Waals surface area contributed by atoms with Crippen molar-refractivity contribution in [2.45, 2.75) is 19.8 Å². The van der Waals surface area contributed by atoms with Crippen molar-refractivity contribution in [1.29, 1.82) is 0 Å². The quantitative estimate of drug-likeness (QED) is 0.539. The highest BCUT2D eigenvalue weighted by Crippen LogP contribution is 2.20. The van der Waals surface area contributed by atoms with Gasteiger partial charge in [-0.2, -0.15) is 5.10 Å². The third-order valence-electron chi connectivity index (χ3n) is 3.31. The lowest BCUT2D eigenvalue weighted by molar-refractivity contribution is -0.124. The number of benzene rings is 2. The molecule has 7 heteroatoms. The number of nitrogens with zero attached hydrogens (tertiary/aromatic N) is 1. The molecule has 2 amide bonds. The van der Waals surface area contributed by atoms with Crippen molar-refractivity contribution < 1.29 is 9.59 Å². The lowest BCUT2D eigenvalue weighted by Crippen LogP contribution is -2.20. The van der Waals surface area contributed by atoms with Crippen LogP contribution in [0.1, 0.15) is 24.0 Å². The highest BCUT2D eigenvalue weighted by molar-refractivity contribution is 9.10. The zero-order valence-electron chi connectivity index (χ0n) is 13.6. The molecule has 130 valence electrons. The van der Waals surface area contributed by atoms with Gasteiger partial charge in [0.15, 0.2) is 0 Å². The fourth-order valence-electron chi connectivity index (χ4n) is 1.90. The van der Waals surface area contributed by atoms with Crippen LogP contribution in [0.4, 0.5) is 5.69 Å². The average Bonchev–Trinajstić information content (AvgIpc) is 2.58. The number of hydrazone groups is 1. The van der Waals surface area contributed by atoms with E-state index in [1.54, 1.807) is 18.3 Å². The molecule has 0 saturated carbocycles. The van der Waals surface area contributed by atoms with Gasteiger partial charge in [0.1, 0.15) is 0 Å². The highest BCUT2D eigenvalue weighted by Gasteiger charge is 2.07. The van der Waals surface area contributed by atoms with E-state index in [2.05, 4.69) is 31.8 Å². The number of anilines is 1. The molecule has 2 aromatic carbocycles. The lowest BCUT2D eigenvalue weighted by atomic mass is 10.2. The van der Waals surface area contributed by atoms with Gasteiger partial charge in [-0.15, -0.1) is 0 Å². The lowest BCUT2D eigenvalue weighted by Gasteiger charge is -2.06. The summed E-state index contributed by atoms with van der Waals surface area (Å²) < 4.78 is 0.967. The van der Waals surface area contributed by atoms with Gasteiger partial charge in [0.2, 0.25) is 11.8 Å². The number of carbonyl (C=O) groups is 2. The van der Waals surface area contributed by atoms with Crippen LogP contribution >= 0.6 is 27.5 Å². The number of halogens is 2. The van der Waals surface area contributed by atoms with Crippen LogP contribution < -0.4 is 10.7 Å². The second-order valence-electron chi connectivity index (χ2n) is 5.36. The number of aryl methyl sites for hydroxylation is 1. The number of hydrogen-bond donors (Lipinski definition) is 2. The van der Waals surface area contributed by atoms with Crippen LogP contribution in [0.25, 0.3) is 0 Å². The van der Waals surface area contributed by atoms with Gasteiger partial charge in [0.05, 0.1) is 6.21 Å². The normalized spacial score (nSPS) is 10.7. The van der Waals surface area contributed by atoms with Gasteiger partial charge in [-0.25, -0.2) is 5.43 Å². The Morgan fingerprint density at radius 1 is 1.12 bits per heavy atom. The summed E-state index contributed by atoms with van der Waals surface area (Å²) >= 11 is 9.35. The van der Waals surface area contributed by atoms with Crippen LogP contribution in [-0.4, -0.2) is 18.0 Å². The van der Waals surface area contributed by atoms with Crippen LogP contribution in [0, 0.1) is 6.92 Å². The van der Waals surface area contributed by atoms with Crippen molar-refractivity contribution in [2.24, 2.45) is 5.10 Å². The Labute approximate surface area is 159 Å². The number of carbonyl (C=O) groups excluding carboxylic acids is 2. The first kappa shape index (κ1) is 19.1. The Bertz CT molecular complexity index is 791. The molecule has 2 rings (SSSR count). The van der Waals surface area contributed by atoms with Crippen molar-refractivity contribution in [1.82, 2.24) is 5.43 Å². The smallest absolute Gasteiger partial charge is 0.240 e. The first-order chi connectivity index (χ1) is 11.9. The van der Waals surface area contributed by atoms with Gasteiger partial charge >= 0.3 is 0 Å². The molecule has 2 N–H and O–H groups in total. The summed E-state index contributed by atoms with van der Waals surface area (Å²) in [7, 11) is 0. The molecule has 0 bridgehead atoms. The van der Waals surface area contributed by atoms with E-state index in [1.165, 1.54) is 0 Å². The summed E-state index contributed by atoms with van der Waals surface area (Å²) in [5.41, 5.74) is 4.80. The Hall–Kier alpha value is -2.18. The second kappa shape index (κ2) is 9.34. The fourth-order valence-corrected chi connectivity index (χ4v) is 2.35. The summed E-state index contributed by atoms with van der Waals surface area (Å²) in [4.78, 5) is 23.6. The maximum atomic E-state index is 11.9. The third kappa shape index (κ3) is 6.68. The molecule has 25 heavy (non-hydrogen) atoms. The van der Waals surface area contributed by atoms with Gasteiger partial charge in [-0.05, 0) is 42.3 Å². The monoisotopic (exact) mass is 421 g/mol. The summed E-state index contributed by atoms with van der Waals surface area (Å²) in [6.07, 6.45) is 1.65. The molecule has 0 saturated heterocycles. The van der Waals surface area contributed by atoms with Gasteiger partial charge in [0.25, 0.3) is 0 Å². The molecule has 0 heterocycles. The zero-order chi connectivity index (χ0) is 18.2. The molecule has 5 nitrogen and oxygen atoms in total. The van der Waals surface area contributed by atoms with Crippen LogP contribution in [0.5, 0.6) is 0 Å². The van der Waals surface area contributed by atoms with E-state index < -0.39 is 0 Å². The summed E-state index contributed by atoms with van der Waals surface area (Å²) in [6, 6.07) is 12.7. The van der Waals surface area contributed by atoms with Crippen molar-refractivity contribution in [2.75, 3.05) is 5.32 Å². The number of hydrogen-bond acceptors (Lipinski definition) is 3. The predicted octanol–water partition coefficient (Wildman–Crippen LogP) is 4.28. The topological polar surface area (TPSA) is 70.6 Å². The van der Waals surface area contributed by atoms with Crippen LogP contribution in [-0.2, 0) is 9.59 Å². The first-order valence-electron chi connectivity index (χ1n) is 7.57. The molecule has 0 aliphatic heterocycles. The largest absolute Gasteiger partial charge is 0.326 e. The Balaban J connectivity index is 1.74. The van der Waals surface area contributed by atoms with E-state index in [1.807, 2.05) is 37.3 Å². The van der Waals surface area contributed by atoms with Crippen LogP contribution in [0.2, 0.25) is 5.02 Å². The van der Waals surface area contributed by atoms with Crippen molar-refractivity contribution in [3.63, 3.8) is 0 Å². The minimum Gasteiger partial charge on any atom is -0.326 e. The Morgan fingerprint density at radius 2 is 1.80 bits per heavy atom. The molecule has 0 aromatic heterocycles. The summed E-state index contributed by atoms with van der Waals surface area (Å²) in [5.74, 6) is -0.586. The first-order valence-corrected chi connectivity index (χ1v) is 8.74. The predicted molar refractivity (Wildman–Crippen MR) is 104 cm³/mol. The Kier molecular flexibility index (Phi) is 7.16. The van der Waals surface area contributed by atoms with E-state index in [9.17, 15) is 9.59 Å². The Morgan fingerprint density at radius 3 is 2.48 bits per heavy atom. The number of nitrogens with one attached hydrogen (secondary N) is 2. The van der Waals surface area contributed by atoms with Gasteiger partial charge < -0.3 is 5.32 Å². The minimum atomic E-state index is -0.328. The van der Waals surface area contributed by atoms with E-state index in [0.29, 0.717) is 10.7 Å². The van der Waals surface area contributed by atoms with Gasteiger partial charge in [-0.1, -0.05) is 45.7 Å². The van der Waals surface area contributed by atoms with Crippen LogP contribution in [0.3, 0.4) is 0 Å². The van der Waals surface area contributed by atoms with Gasteiger partial charge in [-0.3, -0.25) is 9.59 Å². The average molecular weight is 423 g/mol. The van der Waals surface area contributed by atoms with E-state index >= 15 is 0 Å². The summed E-state index contributed by atoms with van der Waals surface area (Å²) in [6.45, 7) is 1.88. The maximum Gasteiger partial charge on any atom is 0.240 e. The minimum absolute atomic E-state index is 0.0447. The molecular formula is C18H17BrClN3O2. The fraction of sp³-hybridized carbons (Fsp3) is 0.167. The molecule has 0 aliphatic rings. The summed E-state index contributed by atoms with van der Waals surface area (Å²) in [5, 5.41) is 7.15. The molecule has 0 aliphatic carbocycles. The van der Waals surface area contributed by atoms with Crippen LogP contribution in [0.15, 0.2) is 52.0 Å². The van der Waals surface area contributed by atoms with Gasteiger partial charge in [0, 0.05) is 28.0 Å². The molecule has 0 radical (unpaired) electrons. The van der Waals surface area contributed by atoms with E-state index in [-0.39, 0.29) is 24.7 Å². The molecule has 0 fully saturated rings. The number of rotatable bonds is 6. The van der Waals surface area contributed by atoms with Crippen molar-refractivity contribution in [3.8, 4) is 0 Å². The van der Waals surface area contributed by atoms with Crippen molar-refractivity contribution in [3.05, 3.63) is 63.1 Å². The molecular weight excluding hydrogens is 406 g/mol.